The number of hydrogen-bond acceptors (Lipinski definition) is 8. The molecule has 0 radical (unpaired) electrons. The second-order valence-corrected chi connectivity index (χ2v) is 12.1. The predicted octanol–water partition coefficient (Wildman–Crippen LogP) is 2.78. The summed E-state index contributed by atoms with van der Waals surface area (Å²) in [6.07, 6.45) is 2.79. The van der Waals surface area contributed by atoms with Gasteiger partial charge in [-0.15, -0.1) is 0 Å². The lowest BCUT2D eigenvalue weighted by molar-refractivity contribution is -0.296. The largest absolute Gasteiger partial charge is 0.534 e. The van der Waals surface area contributed by atoms with Crippen LogP contribution in [0.25, 0.3) is 0 Å². The van der Waals surface area contributed by atoms with Gasteiger partial charge >= 0.3 is 15.6 Å². The average molecular weight is 532 g/mol. The molecule has 4 atom stereocenters. The molecule has 2 spiro atoms. The van der Waals surface area contributed by atoms with E-state index in [1.54, 1.807) is 6.07 Å². The first kappa shape index (κ1) is 24.5. The molecule has 6 rings (SSSR count). The van der Waals surface area contributed by atoms with Crippen LogP contribution in [-0.4, -0.2) is 73.8 Å². The number of hydrogen-bond donors (Lipinski definition) is 1. The highest BCUT2D eigenvalue weighted by molar-refractivity contribution is 7.88. The van der Waals surface area contributed by atoms with Crippen molar-refractivity contribution < 1.29 is 45.1 Å². The molecule has 1 aromatic carbocycles. The molecule has 2 saturated heterocycles. The molecule has 2 aliphatic carbocycles. The van der Waals surface area contributed by atoms with Crippen LogP contribution in [0.1, 0.15) is 44.2 Å². The molecule has 36 heavy (non-hydrogen) atoms. The lowest BCUT2D eigenvalue weighted by atomic mass is 9.48. The van der Waals surface area contributed by atoms with E-state index in [-0.39, 0.29) is 11.8 Å². The van der Waals surface area contributed by atoms with Crippen molar-refractivity contribution in [1.29, 1.82) is 0 Å². The van der Waals surface area contributed by atoms with Gasteiger partial charge in [-0.25, -0.2) is 0 Å². The zero-order chi connectivity index (χ0) is 25.7. The zero-order valence-electron chi connectivity index (χ0n) is 19.9. The molecule has 0 amide bonds. The predicted molar refractivity (Wildman–Crippen MR) is 120 cm³/mol. The first-order valence-corrected chi connectivity index (χ1v) is 13.5. The van der Waals surface area contributed by atoms with Crippen molar-refractivity contribution in [3.05, 3.63) is 34.9 Å². The van der Waals surface area contributed by atoms with E-state index in [4.69, 9.17) is 14.2 Å². The highest BCUT2D eigenvalue weighted by atomic mass is 32.2. The van der Waals surface area contributed by atoms with E-state index in [2.05, 4.69) is 15.2 Å². The molecule has 3 fully saturated rings. The molecule has 3 aliphatic heterocycles. The maximum absolute atomic E-state index is 13.2. The van der Waals surface area contributed by atoms with E-state index in [0.717, 1.165) is 11.1 Å². The Labute approximate surface area is 207 Å². The highest BCUT2D eigenvalue weighted by Gasteiger charge is 2.77. The molecule has 3 heterocycles. The standard InChI is InChI=1S/C24H28F3NO7S/c1-14(2)5-9-28-10-8-21-18-15-3-4-16(35-36(30,31)24(25,26)27)19(18)34-20(21)23(32-11-12-33-23)7-6-22(21,29)17(28)13-15/h3-5,17,20,29H,6-13H2,1-2H3/t17-,20?,21?,22?/m1/s1. The highest BCUT2D eigenvalue weighted by Crippen LogP contribution is 2.68. The van der Waals surface area contributed by atoms with E-state index in [1.807, 2.05) is 13.8 Å². The van der Waals surface area contributed by atoms with Crippen molar-refractivity contribution in [3.8, 4) is 11.5 Å². The van der Waals surface area contributed by atoms with Crippen LogP contribution in [-0.2, 0) is 31.4 Å². The second-order valence-electron chi connectivity index (χ2n) is 10.6. The summed E-state index contributed by atoms with van der Waals surface area (Å²) in [5.41, 5.74) is -5.47. The van der Waals surface area contributed by atoms with Crippen molar-refractivity contribution in [2.75, 3.05) is 26.3 Å². The number of ether oxygens (including phenoxy) is 3. The van der Waals surface area contributed by atoms with Gasteiger partial charge in [0.2, 0.25) is 5.79 Å². The lowest BCUT2D eigenvalue weighted by Crippen LogP contribution is -2.79. The van der Waals surface area contributed by atoms with E-state index in [0.29, 0.717) is 57.6 Å². The van der Waals surface area contributed by atoms with Crippen molar-refractivity contribution in [3.63, 3.8) is 0 Å². The number of nitrogens with zero attached hydrogens (tertiary/aromatic N) is 1. The van der Waals surface area contributed by atoms with Crippen LogP contribution in [0.3, 0.4) is 0 Å². The van der Waals surface area contributed by atoms with Crippen LogP contribution >= 0.6 is 0 Å². The molecule has 198 valence electrons. The Kier molecular flexibility index (Phi) is 5.16. The molecule has 2 bridgehead atoms. The van der Waals surface area contributed by atoms with Crippen LogP contribution in [0, 0.1) is 0 Å². The van der Waals surface area contributed by atoms with Crippen LogP contribution < -0.4 is 8.92 Å². The summed E-state index contributed by atoms with van der Waals surface area (Å²) in [6, 6.07) is 2.52. The summed E-state index contributed by atoms with van der Waals surface area (Å²) in [4.78, 5) is 2.24. The van der Waals surface area contributed by atoms with E-state index >= 15 is 0 Å². The SMILES string of the molecule is CC(C)=CCN1CCC23c4c5ccc(OS(=O)(=O)C(F)(F)F)c4OC2C2(CCC3(O)[C@H]1C5)OCCO2. The van der Waals surface area contributed by atoms with Crippen molar-refractivity contribution in [1.82, 2.24) is 4.90 Å². The minimum Gasteiger partial charge on any atom is -0.479 e. The maximum Gasteiger partial charge on any atom is 0.534 e. The summed E-state index contributed by atoms with van der Waals surface area (Å²) >= 11 is 0. The quantitative estimate of drug-likeness (QED) is 0.360. The van der Waals surface area contributed by atoms with E-state index < -0.39 is 44.3 Å². The summed E-state index contributed by atoms with van der Waals surface area (Å²) in [7, 11) is -5.92. The fourth-order valence-corrected chi connectivity index (χ4v) is 7.56. The lowest BCUT2D eigenvalue weighted by Gasteiger charge is -2.65. The molecule has 3 unspecified atom stereocenters. The monoisotopic (exact) mass is 531 g/mol. The van der Waals surface area contributed by atoms with Gasteiger partial charge in [0, 0.05) is 24.6 Å². The zero-order valence-corrected chi connectivity index (χ0v) is 20.7. The van der Waals surface area contributed by atoms with Gasteiger partial charge in [-0.3, -0.25) is 4.90 Å². The van der Waals surface area contributed by atoms with Crippen LogP contribution in [0.5, 0.6) is 11.5 Å². The molecule has 1 saturated carbocycles. The third kappa shape index (κ3) is 3.05. The second kappa shape index (κ2) is 7.59. The number of benzene rings is 1. The first-order chi connectivity index (χ1) is 16.8. The van der Waals surface area contributed by atoms with Crippen molar-refractivity contribution in [2.24, 2.45) is 0 Å². The molecular weight excluding hydrogens is 503 g/mol. The maximum atomic E-state index is 13.2. The van der Waals surface area contributed by atoms with Crippen molar-refractivity contribution in [2.45, 2.75) is 74.0 Å². The van der Waals surface area contributed by atoms with Gasteiger partial charge in [0.1, 0.15) is 0 Å². The van der Waals surface area contributed by atoms with Gasteiger partial charge in [0.15, 0.2) is 17.6 Å². The Balaban J connectivity index is 1.53. The topological polar surface area (TPSA) is 94.5 Å². The third-order valence-corrected chi connectivity index (χ3v) is 9.52. The average Bonchev–Trinajstić information content (AvgIpc) is 3.39. The Hall–Kier alpha value is -1.86. The Morgan fingerprint density at radius 3 is 2.61 bits per heavy atom. The normalized spacial score (nSPS) is 34.3. The number of aliphatic hydroxyl groups is 1. The van der Waals surface area contributed by atoms with Gasteiger partial charge in [-0.2, -0.15) is 21.6 Å². The molecule has 5 aliphatic rings. The Morgan fingerprint density at radius 1 is 1.22 bits per heavy atom. The van der Waals surface area contributed by atoms with Crippen LogP contribution in [0.15, 0.2) is 23.8 Å². The van der Waals surface area contributed by atoms with Crippen LogP contribution in [0.4, 0.5) is 13.2 Å². The van der Waals surface area contributed by atoms with Gasteiger partial charge in [-0.05, 0) is 51.3 Å². The number of alkyl halides is 3. The number of allylic oxidation sites excluding steroid dienone is 1. The number of halogens is 3. The molecule has 1 aromatic rings. The smallest absolute Gasteiger partial charge is 0.479 e. The summed E-state index contributed by atoms with van der Waals surface area (Å²) in [6.45, 7) is 5.93. The first-order valence-electron chi connectivity index (χ1n) is 12.1. The summed E-state index contributed by atoms with van der Waals surface area (Å²) < 4.78 is 86.2. The van der Waals surface area contributed by atoms with Crippen molar-refractivity contribution >= 4 is 10.1 Å². The van der Waals surface area contributed by atoms with Crippen LogP contribution in [0.2, 0.25) is 0 Å². The van der Waals surface area contributed by atoms with Gasteiger partial charge in [-0.1, -0.05) is 17.7 Å². The number of likely N-dealkylation sites (tertiary alicyclic amines) is 1. The van der Waals surface area contributed by atoms with E-state index in [9.17, 15) is 26.7 Å². The van der Waals surface area contributed by atoms with Gasteiger partial charge in [0.25, 0.3) is 0 Å². The van der Waals surface area contributed by atoms with Gasteiger partial charge < -0.3 is 23.5 Å². The molecule has 12 heteroatoms. The molecule has 0 aromatic heterocycles. The Bertz CT molecular complexity index is 1240. The Morgan fingerprint density at radius 2 is 1.94 bits per heavy atom. The minimum atomic E-state index is -5.92. The molecular formula is C24H28F3NO7S. The van der Waals surface area contributed by atoms with Gasteiger partial charge in [0.05, 0.1) is 24.2 Å². The summed E-state index contributed by atoms with van der Waals surface area (Å²) in [5, 5.41) is 12.5. The number of piperidine rings is 1. The van der Waals surface area contributed by atoms with E-state index in [1.165, 1.54) is 6.07 Å². The number of fused-ring (bicyclic) bond motifs is 1. The third-order valence-electron chi connectivity index (χ3n) is 8.56. The fourth-order valence-electron chi connectivity index (χ4n) is 7.09. The minimum absolute atomic E-state index is 0.0830. The summed E-state index contributed by atoms with van der Waals surface area (Å²) in [5.74, 6) is -1.82. The molecule has 8 nitrogen and oxygen atoms in total. The number of rotatable bonds is 4. The fraction of sp³-hybridized carbons (Fsp3) is 0.667. The molecule has 1 N–H and O–H groups in total.